The van der Waals surface area contributed by atoms with Crippen LogP contribution >= 0.6 is 18.1 Å². The fourth-order valence-corrected chi connectivity index (χ4v) is 4.46. The molecule has 0 heterocycles. The van der Waals surface area contributed by atoms with Gasteiger partial charge in [0.2, 0.25) is 0 Å². The Morgan fingerprint density at radius 1 is 0.719 bits per heavy atom. The Balaban J connectivity index is 0.000000523. The molecule has 2 atom stereocenters. The fraction of sp³-hybridized carbons (Fsp3) is 0.333. The number of hydrogen-bond donors (Lipinski definition) is 2. The predicted octanol–water partition coefficient (Wildman–Crippen LogP) is 7.15. The van der Waals surface area contributed by atoms with Gasteiger partial charge in [-0.1, -0.05) is 96.1 Å². The molecule has 4 rings (SSSR count). The van der Waals surface area contributed by atoms with Gasteiger partial charge in [0.15, 0.2) is 18.1 Å². The maximum Gasteiger partial charge on any atom is 0.158 e. The van der Waals surface area contributed by atoms with E-state index < -0.39 is 18.1 Å². The molecule has 3 aromatic rings. The zero-order chi connectivity index (χ0) is 23.7. The van der Waals surface area contributed by atoms with E-state index in [0.717, 1.165) is 0 Å². The summed E-state index contributed by atoms with van der Waals surface area (Å²) >= 11 is 0. The molecule has 2 unspecified atom stereocenters. The van der Waals surface area contributed by atoms with Crippen molar-refractivity contribution in [3.8, 4) is 11.1 Å². The summed E-state index contributed by atoms with van der Waals surface area (Å²) in [6.45, 7) is 16.1. The first-order chi connectivity index (χ1) is 15.0. The molecule has 5 heteroatoms. The summed E-state index contributed by atoms with van der Waals surface area (Å²) in [6.07, 6.45) is 0. The molecule has 0 saturated heterocycles. The van der Waals surface area contributed by atoms with E-state index in [9.17, 15) is 0 Å². The van der Waals surface area contributed by atoms with Crippen molar-refractivity contribution in [1.82, 2.24) is 0 Å². The van der Waals surface area contributed by atoms with Crippen LogP contribution in [0.25, 0.3) is 11.1 Å². The highest BCUT2D eigenvalue weighted by Gasteiger charge is 2.24. The maximum absolute atomic E-state index is 7.72. The van der Waals surface area contributed by atoms with Crippen molar-refractivity contribution in [3.63, 3.8) is 0 Å². The molecule has 0 amide bonds. The number of fused-ring (bicyclic) bond motifs is 2. The lowest BCUT2D eigenvalue weighted by Gasteiger charge is -2.28. The maximum atomic E-state index is 7.72. The minimum Gasteiger partial charge on any atom is -0.352 e. The summed E-state index contributed by atoms with van der Waals surface area (Å²) in [5.41, 5.74) is 7.25. The minimum absolute atomic E-state index is 0.0923. The Labute approximate surface area is 194 Å². The predicted molar refractivity (Wildman–Crippen MR) is 138 cm³/mol. The average Bonchev–Trinajstić information content (AvgIpc) is 2.71. The molecule has 0 bridgehead atoms. The van der Waals surface area contributed by atoms with Crippen LogP contribution in [0.3, 0.4) is 0 Å². The first kappa shape index (κ1) is 25.0. The van der Waals surface area contributed by atoms with Gasteiger partial charge in [-0.05, 0) is 66.4 Å². The average molecular weight is 469 g/mol. The van der Waals surface area contributed by atoms with Crippen LogP contribution in [0, 0.1) is 27.8 Å². The first-order valence-electron chi connectivity index (χ1n) is 10.8. The van der Waals surface area contributed by atoms with Gasteiger partial charge in [-0.25, -0.2) is 0 Å². The number of rotatable bonds is 3. The van der Waals surface area contributed by atoms with E-state index in [1.165, 1.54) is 48.7 Å². The molecule has 2 N–H and O–H groups in total. The van der Waals surface area contributed by atoms with Gasteiger partial charge in [0.25, 0.3) is 0 Å². The molecule has 0 fully saturated rings. The zero-order valence-electron chi connectivity index (χ0n) is 20.0. The van der Waals surface area contributed by atoms with Crippen molar-refractivity contribution >= 4 is 18.1 Å². The van der Waals surface area contributed by atoms with Crippen LogP contribution in [0.1, 0.15) is 58.2 Å². The second kappa shape index (κ2) is 9.72. The Morgan fingerprint density at radius 2 is 1.34 bits per heavy atom. The normalized spacial score (nSPS) is 13.0. The highest BCUT2D eigenvalue weighted by Crippen LogP contribution is 2.39. The highest BCUT2D eigenvalue weighted by molar-refractivity contribution is 7.39. The van der Waals surface area contributed by atoms with Crippen molar-refractivity contribution in [2.45, 2.75) is 59.3 Å². The largest absolute Gasteiger partial charge is 0.352 e. The standard InChI is InChI=1S/C27H30.H4O3P2/c1-17-12-14-21-19-10-8-9-11-20(19)25(21)24(17)22-15-13-18(26(2,3)4)16-23(22)27(5,6)7;1-4-3-5-2/h8-16H,1-7H3;1-2,4-5H. The summed E-state index contributed by atoms with van der Waals surface area (Å²) < 4.78 is 4.00. The van der Waals surface area contributed by atoms with E-state index in [1.807, 2.05) is 0 Å². The Hall–Kier alpha value is -1.60. The van der Waals surface area contributed by atoms with E-state index in [0.29, 0.717) is 0 Å². The summed E-state index contributed by atoms with van der Waals surface area (Å²) in [4.78, 5) is 15.4. The monoisotopic (exact) mass is 468 g/mol. The number of benzene rings is 3. The van der Waals surface area contributed by atoms with E-state index in [1.54, 1.807) is 0 Å². The van der Waals surface area contributed by atoms with Crippen molar-refractivity contribution in [3.05, 3.63) is 92.2 Å². The molecule has 0 aliphatic heterocycles. The van der Waals surface area contributed by atoms with Crippen LogP contribution < -0.4 is 0 Å². The molecule has 1 aliphatic rings. The molecule has 0 radical (unpaired) electrons. The smallest absolute Gasteiger partial charge is 0.158 e. The van der Waals surface area contributed by atoms with E-state index >= 15 is 0 Å². The van der Waals surface area contributed by atoms with Crippen LogP contribution in [0.15, 0.2) is 54.6 Å². The van der Waals surface area contributed by atoms with Crippen molar-refractivity contribution in [2.75, 3.05) is 0 Å². The highest BCUT2D eigenvalue weighted by atomic mass is 31.2. The van der Waals surface area contributed by atoms with Crippen LogP contribution in [0.4, 0.5) is 0 Å². The molecule has 3 aromatic carbocycles. The molecule has 0 aromatic heterocycles. The third-order valence-corrected chi connectivity index (χ3v) is 6.68. The molecular weight excluding hydrogens is 434 g/mol. The topological polar surface area (TPSA) is 49.7 Å². The van der Waals surface area contributed by atoms with E-state index in [-0.39, 0.29) is 10.8 Å². The zero-order valence-corrected chi connectivity index (χ0v) is 22.0. The van der Waals surface area contributed by atoms with E-state index in [4.69, 9.17) is 9.79 Å². The second-order valence-electron chi connectivity index (χ2n) is 10.3. The first-order valence-corrected chi connectivity index (χ1v) is 12.5. The SMILES string of the molecule is Cc1ccc2c(c1-c1ccc(C(C)(C)C)cc1C(C)(C)C)=c1ccccc1=2.OPOPO. The summed E-state index contributed by atoms with van der Waals surface area (Å²) in [5.74, 6) is 0. The van der Waals surface area contributed by atoms with Crippen molar-refractivity contribution in [2.24, 2.45) is 0 Å². The lowest BCUT2D eigenvalue weighted by Crippen LogP contribution is -2.17. The lowest BCUT2D eigenvalue weighted by atomic mass is 9.76. The van der Waals surface area contributed by atoms with Gasteiger partial charge in [-0.2, -0.15) is 0 Å². The minimum atomic E-state index is -0.580. The molecule has 170 valence electrons. The molecular formula is C27H34O3P2. The lowest BCUT2D eigenvalue weighted by molar-refractivity contribution is 0.496. The molecule has 0 saturated carbocycles. The second-order valence-corrected chi connectivity index (χ2v) is 11.5. The Morgan fingerprint density at radius 3 is 1.88 bits per heavy atom. The number of aryl methyl sites for hydroxylation is 1. The summed E-state index contributed by atoms with van der Waals surface area (Å²) in [6, 6.07) is 20.5. The van der Waals surface area contributed by atoms with Gasteiger partial charge in [-0.3, -0.25) is 4.31 Å². The van der Waals surface area contributed by atoms with Gasteiger partial charge in [-0.15, -0.1) is 0 Å². The molecule has 0 spiro atoms. The molecule has 3 nitrogen and oxygen atoms in total. The number of hydrogen-bond acceptors (Lipinski definition) is 3. The Kier molecular flexibility index (Phi) is 7.60. The van der Waals surface area contributed by atoms with Crippen molar-refractivity contribution < 1.29 is 14.1 Å². The van der Waals surface area contributed by atoms with Crippen LogP contribution in [-0.2, 0) is 15.1 Å². The quantitative estimate of drug-likeness (QED) is 0.314. The summed E-state index contributed by atoms with van der Waals surface area (Å²) in [7, 11) is -1.16. The fourth-order valence-electron chi connectivity index (χ4n) is 4.30. The summed E-state index contributed by atoms with van der Waals surface area (Å²) in [5, 5.41) is 5.61. The van der Waals surface area contributed by atoms with E-state index in [2.05, 4.69) is 107 Å². The van der Waals surface area contributed by atoms with Gasteiger partial charge >= 0.3 is 0 Å². The third kappa shape index (κ3) is 4.98. The van der Waals surface area contributed by atoms with Crippen LogP contribution in [0.5, 0.6) is 0 Å². The molecule has 32 heavy (non-hydrogen) atoms. The van der Waals surface area contributed by atoms with Crippen LogP contribution in [-0.4, -0.2) is 9.79 Å². The van der Waals surface area contributed by atoms with Gasteiger partial charge < -0.3 is 9.79 Å². The van der Waals surface area contributed by atoms with Crippen LogP contribution in [0.2, 0.25) is 0 Å². The third-order valence-electron chi connectivity index (χ3n) is 5.95. The molecule has 1 aliphatic carbocycles. The van der Waals surface area contributed by atoms with Gasteiger partial charge in [0.05, 0.1) is 0 Å². The Bertz CT molecular complexity index is 1300. The van der Waals surface area contributed by atoms with Gasteiger partial charge in [0, 0.05) is 0 Å². The van der Waals surface area contributed by atoms with Crippen molar-refractivity contribution in [1.29, 1.82) is 0 Å². The van der Waals surface area contributed by atoms with Gasteiger partial charge in [0.1, 0.15) is 0 Å².